The summed E-state index contributed by atoms with van der Waals surface area (Å²) in [7, 11) is 0. The maximum absolute atomic E-state index is 13.6. The zero-order valence-corrected chi connectivity index (χ0v) is 9.91. The Hall–Kier alpha value is -2.34. The van der Waals surface area contributed by atoms with E-state index in [0.717, 1.165) is 0 Å². The third-order valence-electron chi connectivity index (χ3n) is 2.71. The number of terminal acetylenes is 1. The molecular formula is C15H12FNO. The number of halogens is 1. The standard InChI is InChI=1S/C15H12FNO/c1-3-10(2)17-15(18)13-8-9-14(16)12-7-5-4-6-11(12)13/h1,4-10H,2H3,(H,17,18). The lowest BCUT2D eigenvalue weighted by molar-refractivity contribution is 0.0950. The van der Waals surface area contributed by atoms with Gasteiger partial charge in [0.2, 0.25) is 0 Å². The average molecular weight is 241 g/mol. The van der Waals surface area contributed by atoms with Crippen LogP contribution in [0.1, 0.15) is 17.3 Å². The topological polar surface area (TPSA) is 29.1 Å². The minimum atomic E-state index is -0.360. The van der Waals surface area contributed by atoms with E-state index in [4.69, 9.17) is 6.42 Å². The van der Waals surface area contributed by atoms with Crippen LogP contribution in [-0.2, 0) is 0 Å². The molecule has 1 N–H and O–H groups in total. The van der Waals surface area contributed by atoms with Gasteiger partial charge in [-0.05, 0) is 24.4 Å². The van der Waals surface area contributed by atoms with Crippen molar-refractivity contribution < 1.29 is 9.18 Å². The first-order valence-electron chi connectivity index (χ1n) is 5.57. The van der Waals surface area contributed by atoms with E-state index in [9.17, 15) is 9.18 Å². The predicted molar refractivity (Wildman–Crippen MR) is 69.7 cm³/mol. The molecule has 0 saturated carbocycles. The first-order chi connectivity index (χ1) is 8.63. The fraction of sp³-hybridized carbons (Fsp3) is 0.133. The van der Waals surface area contributed by atoms with Crippen molar-refractivity contribution in [2.45, 2.75) is 13.0 Å². The number of nitrogens with one attached hydrogen (secondary N) is 1. The normalized spacial score (nSPS) is 11.8. The molecule has 0 spiro atoms. The van der Waals surface area contributed by atoms with Gasteiger partial charge in [0.05, 0.1) is 6.04 Å². The minimum Gasteiger partial charge on any atom is -0.339 e. The van der Waals surface area contributed by atoms with E-state index in [-0.39, 0.29) is 17.8 Å². The molecule has 0 aliphatic rings. The van der Waals surface area contributed by atoms with E-state index in [2.05, 4.69) is 11.2 Å². The molecule has 2 nitrogen and oxygen atoms in total. The number of hydrogen-bond donors (Lipinski definition) is 1. The molecule has 1 amide bonds. The van der Waals surface area contributed by atoms with Crippen LogP contribution < -0.4 is 5.32 Å². The van der Waals surface area contributed by atoms with Crippen LogP contribution in [0.15, 0.2) is 36.4 Å². The molecule has 0 fully saturated rings. The van der Waals surface area contributed by atoms with Crippen LogP contribution in [0.2, 0.25) is 0 Å². The quantitative estimate of drug-likeness (QED) is 0.805. The van der Waals surface area contributed by atoms with Crippen LogP contribution in [0.4, 0.5) is 4.39 Å². The number of rotatable bonds is 2. The van der Waals surface area contributed by atoms with Crippen LogP contribution in [0, 0.1) is 18.2 Å². The molecular weight excluding hydrogens is 229 g/mol. The first-order valence-corrected chi connectivity index (χ1v) is 5.57. The molecule has 1 unspecified atom stereocenters. The van der Waals surface area contributed by atoms with Gasteiger partial charge in [-0.1, -0.05) is 30.2 Å². The molecule has 0 aromatic heterocycles. The van der Waals surface area contributed by atoms with Crippen LogP contribution >= 0.6 is 0 Å². The maximum atomic E-state index is 13.6. The Bertz CT molecular complexity index is 642. The second-order valence-corrected chi connectivity index (χ2v) is 4.00. The van der Waals surface area contributed by atoms with Crippen molar-refractivity contribution >= 4 is 16.7 Å². The van der Waals surface area contributed by atoms with Crippen molar-refractivity contribution in [3.63, 3.8) is 0 Å². The average Bonchev–Trinajstić information content (AvgIpc) is 2.39. The van der Waals surface area contributed by atoms with E-state index in [0.29, 0.717) is 16.3 Å². The number of carbonyl (C=O) groups excluding carboxylic acids is 1. The smallest absolute Gasteiger partial charge is 0.252 e. The summed E-state index contributed by atoms with van der Waals surface area (Å²) < 4.78 is 13.6. The maximum Gasteiger partial charge on any atom is 0.252 e. The summed E-state index contributed by atoms with van der Waals surface area (Å²) in [5, 5.41) is 3.67. The molecule has 2 aromatic carbocycles. The van der Waals surface area contributed by atoms with Crippen molar-refractivity contribution in [1.29, 1.82) is 0 Å². The van der Waals surface area contributed by atoms with Gasteiger partial charge in [-0.3, -0.25) is 4.79 Å². The Morgan fingerprint density at radius 3 is 2.61 bits per heavy atom. The lowest BCUT2D eigenvalue weighted by atomic mass is 10.0. The van der Waals surface area contributed by atoms with E-state index in [1.54, 1.807) is 31.2 Å². The molecule has 1 atom stereocenters. The molecule has 3 heteroatoms. The summed E-state index contributed by atoms with van der Waals surface area (Å²) in [6.45, 7) is 1.71. The SMILES string of the molecule is C#CC(C)NC(=O)c1ccc(F)c2ccccc12. The predicted octanol–water partition coefficient (Wildman–Crippen LogP) is 2.73. The Balaban J connectivity index is 2.49. The zero-order valence-electron chi connectivity index (χ0n) is 9.91. The van der Waals surface area contributed by atoms with Gasteiger partial charge in [-0.25, -0.2) is 4.39 Å². The minimum absolute atomic E-state index is 0.295. The Morgan fingerprint density at radius 1 is 1.28 bits per heavy atom. The monoisotopic (exact) mass is 241 g/mol. The lowest BCUT2D eigenvalue weighted by Crippen LogP contribution is -2.31. The largest absolute Gasteiger partial charge is 0.339 e. The van der Waals surface area contributed by atoms with Crippen LogP contribution in [-0.4, -0.2) is 11.9 Å². The molecule has 18 heavy (non-hydrogen) atoms. The summed E-state index contributed by atoms with van der Waals surface area (Å²) in [5.41, 5.74) is 0.425. The van der Waals surface area contributed by atoms with Crippen LogP contribution in [0.5, 0.6) is 0 Å². The van der Waals surface area contributed by atoms with Gasteiger partial charge in [0.1, 0.15) is 5.82 Å². The molecule has 0 bridgehead atoms. The molecule has 2 rings (SSSR count). The fourth-order valence-electron chi connectivity index (χ4n) is 1.78. The van der Waals surface area contributed by atoms with E-state index < -0.39 is 0 Å². The van der Waals surface area contributed by atoms with Crippen LogP contribution in [0.3, 0.4) is 0 Å². The summed E-state index contributed by atoms with van der Waals surface area (Å²) in [6.07, 6.45) is 5.21. The molecule has 0 radical (unpaired) electrons. The second kappa shape index (κ2) is 4.89. The third kappa shape index (κ3) is 2.18. The van der Waals surface area contributed by atoms with Gasteiger partial charge in [0.25, 0.3) is 5.91 Å². The highest BCUT2D eigenvalue weighted by atomic mass is 19.1. The van der Waals surface area contributed by atoms with E-state index in [1.165, 1.54) is 12.1 Å². The Morgan fingerprint density at radius 2 is 1.94 bits per heavy atom. The molecule has 0 saturated heterocycles. The van der Waals surface area contributed by atoms with Gasteiger partial charge in [-0.15, -0.1) is 6.42 Å². The van der Waals surface area contributed by atoms with Crippen molar-refractivity contribution in [2.24, 2.45) is 0 Å². The first kappa shape index (κ1) is 12.1. The molecule has 0 heterocycles. The summed E-state index contributed by atoms with van der Waals surface area (Å²) in [6, 6.07) is 9.26. The van der Waals surface area contributed by atoms with Gasteiger partial charge < -0.3 is 5.32 Å². The highest BCUT2D eigenvalue weighted by molar-refractivity contribution is 6.07. The third-order valence-corrected chi connectivity index (χ3v) is 2.71. The lowest BCUT2D eigenvalue weighted by Gasteiger charge is -2.10. The van der Waals surface area contributed by atoms with E-state index >= 15 is 0 Å². The van der Waals surface area contributed by atoms with Crippen molar-refractivity contribution in [3.05, 3.63) is 47.8 Å². The highest BCUT2D eigenvalue weighted by Crippen LogP contribution is 2.21. The number of fused-ring (bicyclic) bond motifs is 1. The van der Waals surface area contributed by atoms with Gasteiger partial charge in [0, 0.05) is 10.9 Å². The summed E-state index contributed by atoms with van der Waals surface area (Å²) in [5.74, 6) is 1.78. The molecule has 90 valence electrons. The second-order valence-electron chi connectivity index (χ2n) is 4.00. The highest BCUT2D eigenvalue weighted by Gasteiger charge is 2.13. The number of hydrogen-bond acceptors (Lipinski definition) is 1. The Labute approximate surface area is 105 Å². The molecule has 0 aliphatic heterocycles. The van der Waals surface area contributed by atoms with Gasteiger partial charge in [0.15, 0.2) is 0 Å². The Kier molecular flexibility index (Phi) is 3.29. The number of amides is 1. The fourth-order valence-corrected chi connectivity index (χ4v) is 1.78. The zero-order chi connectivity index (χ0) is 13.1. The van der Waals surface area contributed by atoms with Crippen molar-refractivity contribution in [1.82, 2.24) is 5.32 Å². The van der Waals surface area contributed by atoms with Gasteiger partial charge >= 0.3 is 0 Å². The van der Waals surface area contributed by atoms with Gasteiger partial charge in [-0.2, -0.15) is 0 Å². The van der Waals surface area contributed by atoms with E-state index in [1.807, 2.05) is 0 Å². The van der Waals surface area contributed by atoms with Crippen molar-refractivity contribution in [3.8, 4) is 12.3 Å². The van der Waals surface area contributed by atoms with Crippen LogP contribution in [0.25, 0.3) is 10.8 Å². The number of benzene rings is 2. The molecule has 2 aromatic rings. The summed E-state index contributed by atoms with van der Waals surface area (Å²) >= 11 is 0. The van der Waals surface area contributed by atoms with Crippen molar-refractivity contribution in [2.75, 3.05) is 0 Å². The molecule has 0 aliphatic carbocycles. The number of carbonyl (C=O) groups is 1. The summed E-state index contributed by atoms with van der Waals surface area (Å²) in [4.78, 5) is 12.0.